The summed E-state index contributed by atoms with van der Waals surface area (Å²) in [6.07, 6.45) is 4.95. The Hall–Kier alpha value is -2.68. The average molecular weight is 343 g/mol. The Morgan fingerprint density at radius 1 is 1.25 bits per heavy atom. The SMILES string of the molecule is CC(C)n1cnnc1[C@H](C)NC(=O)c1csc(-c2ncccn2)n1. The van der Waals surface area contributed by atoms with Crippen LogP contribution in [0.5, 0.6) is 0 Å². The average Bonchev–Trinajstić information content (AvgIpc) is 3.25. The summed E-state index contributed by atoms with van der Waals surface area (Å²) in [7, 11) is 0. The standard InChI is InChI=1S/C15H17N7OS/c1-9(2)22-8-18-21-13(22)10(3)19-14(23)11-7-24-15(20-11)12-16-5-4-6-17-12/h4-10H,1-3H3,(H,19,23)/t10-/m0/s1. The van der Waals surface area contributed by atoms with E-state index < -0.39 is 0 Å². The van der Waals surface area contributed by atoms with Gasteiger partial charge in [0.2, 0.25) is 0 Å². The molecule has 0 saturated heterocycles. The quantitative estimate of drug-likeness (QED) is 0.763. The third-order valence-electron chi connectivity index (χ3n) is 3.39. The maximum Gasteiger partial charge on any atom is 0.271 e. The molecule has 3 heterocycles. The highest BCUT2D eigenvalue weighted by Gasteiger charge is 2.20. The molecule has 3 aromatic rings. The van der Waals surface area contributed by atoms with Gasteiger partial charge in [-0.25, -0.2) is 15.0 Å². The zero-order valence-corrected chi connectivity index (χ0v) is 14.4. The summed E-state index contributed by atoms with van der Waals surface area (Å²) in [6.45, 7) is 5.94. The van der Waals surface area contributed by atoms with E-state index in [0.29, 0.717) is 22.4 Å². The van der Waals surface area contributed by atoms with E-state index in [0.717, 1.165) is 0 Å². The van der Waals surface area contributed by atoms with Crippen LogP contribution in [0, 0.1) is 0 Å². The van der Waals surface area contributed by atoms with Gasteiger partial charge in [0, 0.05) is 23.8 Å². The van der Waals surface area contributed by atoms with Crippen molar-refractivity contribution in [3.05, 3.63) is 41.7 Å². The van der Waals surface area contributed by atoms with E-state index in [4.69, 9.17) is 0 Å². The predicted molar refractivity (Wildman–Crippen MR) is 89.4 cm³/mol. The van der Waals surface area contributed by atoms with E-state index in [-0.39, 0.29) is 18.0 Å². The number of hydrogen-bond acceptors (Lipinski definition) is 7. The Labute approximate surface area is 143 Å². The first-order chi connectivity index (χ1) is 11.6. The number of aromatic nitrogens is 6. The molecule has 0 fully saturated rings. The number of rotatable bonds is 5. The van der Waals surface area contributed by atoms with E-state index in [1.54, 1.807) is 30.2 Å². The zero-order valence-electron chi connectivity index (χ0n) is 13.5. The Morgan fingerprint density at radius 3 is 2.71 bits per heavy atom. The van der Waals surface area contributed by atoms with Crippen molar-refractivity contribution in [3.8, 4) is 10.8 Å². The van der Waals surface area contributed by atoms with E-state index >= 15 is 0 Å². The fourth-order valence-electron chi connectivity index (χ4n) is 2.18. The van der Waals surface area contributed by atoms with Gasteiger partial charge < -0.3 is 9.88 Å². The van der Waals surface area contributed by atoms with Crippen molar-refractivity contribution < 1.29 is 4.79 Å². The van der Waals surface area contributed by atoms with Crippen molar-refractivity contribution in [2.75, 3.05) is 0 Å². The molecule has 0 spiro atoms. The van der Waals surface area contributed by atoms with E-state index in [1.165, 1.54) is 11.3 Å². The molecule has 0 aromatic carbocycles. The first-order valence-corrected chi connectivity index (χ1v) is 8.37. The molecule has 0 saturated carbocycles. The van der Waals surface area contributed by atoms with Crippen LogP contribution < -0.4 is 5.32 Å². The van der Waals surface area contributed by atoms with Gasteiger partial charge in [-0.15, -0.1) is 21.5 Å². The number of carbonyl (C=O) groups excluding carboxylic acids is 1. The fourth-order valence-corrected chi connectivity index (χ4v) is 2.93. The molecule has 0 bridgehead atoms. The second-order valence-corrected chi connectivity index (χ2v) is 6.35. The van der Waals surface area contributed by atoms with E-state index in [9.17, 15) is 4.79 Å². The highest BCUT2D eigenvalue weighted by molar-refractivity contribution is 7.13. The molecule has 8 nitrogen and oxygen atoms in total. The first-order valence-electron chi connectivity index (χ1n) is 7.49. The van der Waals surface area contributed by atoms with Crippen LogP contribution in [0.15, 0.2) is 30.2 Å². The number of amides is 1. The second-order valence-electron chi connectivity index (χ2n) is 5.50. The number of nitrogens with one attached hydrogen (secondary N) is 1. The van der Waals surface area contributed by atoms with Crippen LogP contribution in [-0.4, -0.2) is 35.6 Å². The minimum atomic E-state index is -0.277. The van der Waals surface area contributed by atoms with Crippen LogP contribution in [0.3, 0.4) is 0 Å². The van der Waals surface area contributed by atoms with Crippen LogP contribution >= 0.6 is 11.3 Å². The lowest BCUT2D eigenvalue weighted by atomic mass is 10.2. The molecule has 1 N–H and O–H groups in total. The molecule has 0 radical (unpaired) electrons. The lowest BCUT2D eigenvalue weighted by molar-refractivity contribution is 0.0933. The maximum absolute atomic E-state index is 12.4. The van der Waals surface area contributed by atoms with Gasteiger partial charge >= 0.3 is 0 Å². The molecule has 24 heavy (non-hydrogen) atoms. The third-order valence-corrected chi connectivity index (χ3v) is 4.22. The molecule has 1 atom stereocenters. The second kappa shape index (κ2) is 6.83. The predicted octanol–water partition coefficient (Wildman–Crippen LogP) is 2.26. The van der Waals surface area contributed by atoms with Gasteiger partial charge in [0.1, 0.15) is 12.0 Å². The van der Waals surface area contributed by atoms with Gasteiger partial charge in [-0.2, -0.15) is 0 Å². The van der Waals surface area contributed by atoms with Gasteiger partial charge in [0.25, 0.3) is 5.91 Å². The molecule has 1 amide bonds. The van der Waals surface area contributed by atoms with Gasteiger partial charge in [0.05, 0.1) is 6.04 Å². The Kier molecular flexibility index (Phi) is 4.61. The summed E-state index contributed by atoms with van der Waals surface area (Å²) in [5.74, 6) is 0.952. The molecule has 9 heteroatoms. The van der Waals surface area contributed by atoms with Crippen molar-refractivity contribution in [1.82, 2.24) is 35.0 Å². The van der Waals surface area contributed by atoms with Crippen molar-refractivity contribution in [1.29, 1.82) is 0 Å². The summed E-state index contributed by atoms with van der Waals surface area (Å²) in [6, 6.07) is 1.67. The molecule has 0 aliphatic carbocycles. The van der Waals surface area contributed by atoms with Crippen molar-refractivity contribution in [2.24, 2.45) is 0 Å². The minimum absolute atomic E-state index is 0.218. The lowest BCUT2D eigenvalue weighted by Gasteiger charge is -2.16. The van der Waals surface area contributed by atoms with Gasteiger partial charge in [-0.3, -0.25) is 4.79 Å². The number of carbonyl (C=O) groups is 1. The van der Waals surface area contributed by atoms with Crippen LogP contribution in [0.2, 0.25) is 0 Å². The Morgan fingerprint density at radius 2 is 2.00 bits per heavy atom. The van der Waals surface area contributed by atoms with Crippen molar-refractivity contribution in [3.63, 3.8) is 0 Å². The van der Waals surface area contributed by atoms with Crippen LogP contribution in [0.25, 0.3) is 10.8 Å². The normalized spacial score (nSPS) is 12.3. The van der Waals surface area contributed by atoms with Crippen molar-refractivity contribution in [2.45, 2.75) is 32.9 Å². The number of hydrogen-bond donors (Lipinski definition) is 1. The van der Waals surface area contributed by atoms with Gasteiger partial charge in [0.15, 0.2) is 16.7 Å². The third kappa shape index (κ3) is 3.30. The summed E-state index contributed by atoms with van der Waals surface area (Å²) in [4.78, 5) is 25.0. The van der Waals surface area contributed by atoms with Crippen LogP contribution in [0.1, 0.15) is 49.2 Å². The summed E-state index contributed by atoms with van der Waals surface area (Å²) < 4.78 is 1.93. The largest absolute Gasteiger partial charge is 0.341 e. The number of thiazole rings is 1. The molecule has 3 rings (SSSR count). The Balaban J connectivity index is 1.73. The first kappa shape index (κ1) is 16.2. The summed E-state index contributed by atoms with van der Waals surface area (Å²) in [5, 5.41) is 13.2. The van der Waals surface area contributed by atoms with Gasteiger partial charge in [-0.1, -0.05) is 0 Å². The zero-order chi connectivity index (χ0) is 17.1. The fraction of sp³-hybridized carbons (Fsp3) is 0.333. The van der Waals surface area contributed by atoms with E-state index in [1.807, 2.05) is 25.3 Å². The smallest absolute Gasteiger partial charge is 0.271 e. The van der Waals surface area contributed by atoms with Crippen molar-refractivity contribution >= 4 is 17.2 Å². The van der Waals surface area contributed by atoms with Crippen LogP contribution in [-0.2, 0) is 0 Å². The monoisotopic (exact) mass is 343 g/mol. The molecular weight excluding hydrogens is 326 g/mol. The highest BCUT2D eigenvalue weighted by Crippen LogP contribution is 2.20. The highest BCUT2D eigenvalue weighted by atomic mass is 32.1. The van der Waals surface area contributed by atoms with Crippen LogP contribution in [0.4, 0.5) is 0 Å². The minimum Gasteiger partial charge on any atom is -0.341 e. The lowest BCUT2D eigenvalue weighted by Crippen LogP contribution is -2.29. The molecule has 0 aliphatic heterocycles. The topological polar surface area (TPSA) is 98.5 Å². The Bertz CT molecular complexity index is 827. The summed E-state index contributed by atoms with van der Waals surface area (Å²) in [5.41, 5.74) is 0.338. The molecular formula is C15H17N7OS. The maximum atomic E-state index is 12.4. The summed E-state index contributed by atoms with van der Waals surface area (Å²) >= 11 is 1.33. The molecule has 124 valence electrons. The molecule has 0 unspecified atom stereocenters. The van der Waals surface area contributed by atoms with E-state index in [2.05, 4.69) is 30.5 Å². The molecule has 3 aromatic heterocycles. The van der Waals surface area contributed by atoms with Gasteiger partial charge in [-0.05, 0) is 26.8 Å². The molecule has 0 aliphatic rings. The number of nitrogens with zero attached hydrogens (tertiary/aromatic N) is 6.